The van der Waals surface area contributed by atoms with Crippen LogP contribution in [0.3, 0.4) is 0 Å². The molecule has 1 N–H and O–H groups in total. The van der Waals surface area contributed by atoms with Crippen molar-refractivity contribution in [2.75, 3.05) is 40.3 Å². The second kappa shape index (κ2) is 15.1. The molecule has 3 aromatic carbocycles. The predicted octanol–water partition coefficient (Wildman–Crippen LogP) is 7.80. The minimum absolute atomic E-state index is 0.00571. The Morgan fingerprint density at radius 1 is 1.00 bits per heavy atom. The zero-order valence-corrected chi connectivity index (χ0v) is 26.2. The normalized spacial score (nSPS) is 11.5. The van der Waals surface area contributed by atoms with Crippen LogP contribution in [0.15, 0.2) is 72.2 Å². The molecule has 1 aromatic heterocycles. The molecule has 0 unspecified atom stereocenters. The maximum atomic E-state index is 14.0. The first-order valence-corrected chi connectivity index (χ1v) is 15.2. The van der Waals surface area contributed by atoms with Crippen LogP contribution >= 0.6 is 0 Å². The molecule has 0 aliphatic rings. The number of nitrogens with one attached hydrogen (secondary N) is 1. The van der Waals surface area contributed by atoms with Gasteiger partial charge in [-0.05, 0) is 72.4 Å². The summed E-state index contributed by atoms with van der Waals surface area (Å²) in [7, 11) is 4.08. The predicted molar refractivity (Wildman–Crippen MR) is 172 cm³/mol. The van der Waals surface area contributed by atoms with Gasteiger partial charge in [0.2, 0.25) is 5.89 Å². The molecule has 9 heteroatoms. The van der Waals surface area contributed by atoms with E-state index >= 15 is 0 Å². The Bertz CT molecular complexity index is 1660. The molecule has 4 rings (SSSR count). The molecule has 0 bridgehead atoms. The first-order chi connectivity index (χ1) is 21.5. The molecule has 45 heavy (non-hydrogen) atoms. The molecule has 4 aromatic rings. The number of oxazole rings is 1. The summed E-state index contributed by atoms with van der Waals surface area (Å²) in [6, 6.07) is 11.4. The molecule has 1 heterocycles. The number of nitrogens with zero attached hydrogens (tertiary/aromatic N) is 2. The van der Waals surface area contributed by atoms with Crippen molar-refractivity contribution in [2.45, 2.75) is 39.0 Å². The number of allylic oxidation sites excluding steroid dienone is 2. The Hall–Kier alpha value is -4.37. The van der Waals surface area contributed by atoms with E-state index in [-0.39, 0.29) is 17.4 Å². The Labute approximate surface area is 262 Å². The molecular weight excluding hydrogens is 579 g/mol. The number of carbonyl (C=O) groups is 1. The Morgan fingerprint density at radius 2 is 1.73 bits per heavy atom. The average Bonchev–Trinajstić information content (AvgIpc) is 3.42. The Balaban J connectivity index is 1.56. The lowest BCUT2D eigenvalue weighted by atomic mass is 9.97. The van der Waals surface area contributed by atoms with Gasteiger partial charge in [-0.15, -0.1) is 13.2 Å². The molecule has 238 valence electrons. The number of benzene rings is 3. The van der Waals surface area contributed by atoms with Gasteiger partial charge < -0.3 is 19.0 Å². The highest BCUT2D eigenvalue weighted by Crippen LogP contribution is 2.36. The topological polar surface area (TPSA) is 64.4 Å². The van der Waals surface area contributed by atoms with Crippen LogP contribution in [0.1, 0.15) is 37.3 Å². The van der Waals surface area contributed by atoms with E-state index in [4.69, 9.17) is 9.15 Å². The van der Waals surface area contributed by atoms with Crippen LogP contribution in [0.4, 0.5) is 13.2 Å². The SMILES string of the molecule is C=CCc1cc(-c2ccc(OCCC[N+](C)(C)CC(=O)NCCCC)c(CC=C)c2)c2oc(-c3cc(F)c(F)c(F)c3)nc2c1. The highest BCUT2D eigenvalue weighted by Gasteiger charge is 2.21. The van der Waals surface area contributed by atoms with Crippen LogP contribution in [-0.2, 0) is 17.6 Å². The number of hydrogen-bond donors (Lipinski definition) is 1. The summed E-state index contributed by atoms with van der Waals surface area (Å²) in [6.07, 6.45) is 7.49. The summed E-state index contributed by atoms with van der Waals surface area (Å²) in [4.78, 5) is 16.8. The maximum Gasteiger partial charge on any atom is 0.275 e. The molecule has 0 fully saturated rings. The Kier molecular flexibility index (Phi) is 11.2. The second-order valence-electron chi connectivity index (χ2n) is 11.8. The summed E-state index contributed by atoms with van der Waals surface area (Å²) in [5, 5.41) is 2.98. The molecule has 1 amide bonds. The van der Waals surface area contributed by atoms with Crippen LogP contribution in [0.2, 0.25) is 0 Å². The smallest absolute Gasteiger partial charge is 0.275 e. The van der Waals surface area contributed by atoms with Crippen molar-refractivity contribution in [2.24, 2.45) is 0 Å². The lowest BCUT2D eigenvalue weighted by Gasteiger charge is -2.29. The number of carbonyl (C=O) groups excluding carboxylic acids is 1. The molecule has 0 radical (unpaired) electrons. The van der Waals surface area contributed by atoms with Crippen molar-refractivity contribution in [3.63, 3.8) is 0 Å². The van der Waals surface area contributed by atoms with Gasteiger partial charge in [0, 0.05) is 24.1 Å². The van der Waals surface area contributed by atoms with E-state index in [0.717, 1.165) is 65.9 Å². The zero-order valence-electron chi connectivity index (χ0n) is 26.2. The summed E-state index contributed by atoms with van der Waals surface area (Å²) < 4.78 is 54.4. The number of unbranched alkanes of at least 4 members (excludes halogenated alkanes) is 1. The Morgan fingerprint density at radius 3 is 2.42 bits per heavy atom. The van der Waals surface area contributed by atoms with Crippen molar-refractivity contribution in [1.82, 2.24) is 10.3 Å². The molecular formula is C36H41F3N3O3+. The summed E-state index contributed by atoms with van der Waals surface area (Å²) in [5.74, 6) is -3.42. The van der Waals surface area contributed by atoms with E-state index in [1.807, 2.05) is 44.4 Å². The summed E-state index contributed by atoms with van der Waals surface area (Å²) >= 11 is 0. The van der Waals surface area contributed by atoms with Crippen molar-refractivity contribution < 1.29 is 31.6 Å². The zero-order chi connectivity index (χ0) is 32.6. The van der Waals surface area contributed by atoms with E-state index in [0.29, 0.717) is 48.1 Å². The molecule has 0 atom stereocenters. The molecule has 6 nitrogen and oxygen atoms in total. The number of aromatic nitrogens is 1. The van der Waals surface area contributed by atoms with Crippen LogP contribution in [0.5, 0.6) is 5.75 Å². The van der Waals surface area contributed by atoms with Gasteiger partial charge in [0.15, 0.2) is 29.6 Å². The van der Waals surface area contributed by atoms with Gasteiger partial charge in [0.05, 0.1) is 27.2 Å². The first-order valence-electron chi connectivity index (χ1n) is 15.2. The number of fused-ring (bicyclic) bond motifs is 1. The van der Waals surface area contributed by atoms with E-state index in [2.05, 4.69) is 30.4 Å². The first kappa shape index (κ1) is 33.5. The number of ether oxygens (including phenoxy) is 1. The fourth-order valence-corrected chi connectivity index (χ4v) is 5.20. The quantitative estimate of drug-likeness (QED) is 0.0601. The van der Waals surface area contributed by atoms with E-state index in [9.17, 15) is 18.0 Å². The van der Waals surface area contributed by atoms with Crippen molar-refractivity contribution in [1.29, 1.82) is 0 Å². The maximum absolute atomic E-state index is 14.0. The molecule has 0 aliphatic heterocycles. The fourth-order valence-electron chi connectivity index (χ4n) is 5.20. The number of hydrogen-bond acceptors (Lipinski definition) is 4. The number of halogens is 3. The third kappa shape index (κ3) is 8.63. The van der Waals surface area contributed by atoms with Crippen molar-refractivity contribution in [3.05, 3.63) is 96.4 Å². The highest BCUT2D eigenvalue weighted by atomic mass is 19.2. The van der Waals surface area contributed by atoms with Gasteiger partial charge in [0.1, 0.15) is 11.3 Å². The summed E-state index contributed by atoms with van der Waals surface area (Å²) in [6.45, 7) is 12.2. The molecule has 0 saturated heterocycles. The van der Waals surface area contributed by atoms with Crippen LogP contribution in [0, 0.1) is 17.5 Å². The van der Waals surface area contributed by atoms with Crippen LogP contribution in [-0.4, -0.2) is 55.7 Å². The standard InChI is InChI=1S/C36H40F3N3O3/c1-6-9-15-40-33(43)23-42(4,5)16-10-17-44-32-14-13-25(20-26(32)12-8-3)28-18-24(11-7-2)19-31-35(28)45-36(41-31)27-21-29(37)34(39)30(38)22-27/h7-8,13-14,18-22H,2-3,6,9-12,15-17,23H2,1,4-5H3/p+1. The second-order valence-corrected chi connectivity index (χ2v) is 11.8. The van der Waals surface area contributed by atoms with Gasteiger partial charge >= 0.3 is 0 Å². The number of quaternary nitrogens is 1. The fraction of sp³-hybridized carbons (Fsp3) is 0.333. The van der Waals surface area contributed by atoms with Gasteiger partial charge in [-0.2, -0.15) is 0 Å². The van der Waals surface area contributed by atoms with E-state index in [1.54, 1.807) is 12.2 Å². The van der Waals surface area contributed by atoms with Crippen molar-refractivity contribution in [3.8, 4) is 28.3 Å². The number of likely N-dealkylation sites (N-methyl/N-ethyl adjacent to an activating group) is 1. The highest BCUT2D eigenvalue weighted by molar-refractivity contribution is 5.92. The number of amides is 1. The van der Waals surface area contributed by atoms with Gasteiger partial charge in [0.25, 0.3) is 5.91 Å². The largest absolute Gasteiger partial charge is 0.493 e. The average molecular weight is 621 g/mol. The third-order valence-corrected chi connectivity index (χ3v) is 7.49. The minimum atomic E-state index is -1.55. The van der Waals surface area contributed by atoms with E-state index in [1.165, 1.54) is 0 Å². The van der Waals surface area contributed by atoms with Crippen LogP contribution < -0.4 is 10.1 Å². The van der Waals surface area contributed by atoms with Crippen molar-refractivity contribution >= 4 is 17.0 Å². The monoisotopic (exact) mass is 620 g/mol. The molecule has 0 spiro atoms. The lowest BCUT2D eigenvalue weighted by Crippen LogP contribution is -2.48. The minimum Gasteiger partial charge on any atom is -0.493 e. The summed E-state index contributed by atoms with van der Waals surface area (Å²) in [5.41, 5.74) is 4.34. The molecule has 0 aliphatic carbocycles. The van der Waals surface area contributed by atoms with Crippen LogP contribution in [0.25, 0.3) is 33.7 Å². The lowest BCUT2D eigenvalue weighted by molar-refractivity contribution is -0.882. The number of rotatable bonds is 16. The molecule has 0 saturated carbocycles. The van der Waals surface area contributed by atoms with Gasteiger partial charge in [-0.25, -0.2) is 18.2 Å². The third-order valence-electron chi connectivity index (χ3n) is 7.49. The van der Waals surface area contributed by atoms with Gasteiger partial charge in [-0.3, -0.25) is 4.79 Å². The van der Waals surface area contributed by atoms with Gasteiger partial charge in [-0.1, -0.05) is 31.6 Å². The van der Waals surface area contributed by atoms with E-state index < -0.39 is 17.5 Å².